The van der Waals surface area contributed by atoms with Crippen molar-refractivity contribution in [2.24, 2.45) is 0 Å². The molecule has 0 aliphatic carbocycles. The summed E-state index contributed by atoms with van der Waals surface area (Å²) in [6.07, 6.45) is 0. The van der Waals surface area contributed by atoms with Gasteiger partial charge in [0.15, 0.2) is 21.5 Å². The van der Waals surface area contributed by atoms with Gasteiger partial charge in [0.1, 0.15) is 6.79 Å². The molecule has 0 saturated carbocycles. The molecule has 0 fully saturated rings. The van der Waals surface area contributed by atoms with Crippen molar-refractivity contribution in [2.75, 3.05) is 0 Å². The SMILES string of the molecule is C=O.O=S([O-])S(=O)(=O)[O-].OSO.[Na+].[Na+]. The van der Waals surface area contributed by atoms with Crippen LogP contribution in [0.5, 0.6) is 0 Å². The second-order valence-corrected chi connectivity index (χ2v) is 4.12. The molecule has 0 bridgehead atoms. The van der Waals surface area contributed by atoms with Gasteiger partial charge in [0, 0.05) is 0 Å². The summed E-state index contributed by atoms with van der Waals surface area (Å²) >= 11 is -0.250. The van der Waals surface area contributed by atoms with Gasteiger partial charge in [-0.25, -0.2) is 8.42 Å². The van der Waals surface area contributed by atoms with Gasteiger partial charge in [-0.3, -0.25) is 4.21 Å². The molecule has 0 aliphatic rings. The molecule has 14 heavy (non-hydrogen) atoms. The first-order valence-electron chi connectivity index (χ1n) is 1.65. The molecule has 0 aliphatic heterocycles. The number of hydrogen-bond acceptors (Lipinski definition) is 9. The first-order valence-corrected chi connectivity index (χ1v) is 5.38. The molecule has 2 N–H and O–H groups in total. The van der Waals surface area contributed by atoms with Crippen LogP contribution in [-0.4, -0.2) is 37.6 Å². The Balaban J connectivity index is -0.0000000337. The quantitative estimate of drug-likeness (QED) is 0.157. The van der Waals surface area contributed by atoms with Crippen molar-refractivity contribution < 1.29 is 94.7 Å². The molecule has 0 aromatic heterocycles. The molecular formula is CH4Na2O8S3. The summed E-state index contributed by atoms with van der Waals surface area (Å²) in [6, 6.07) is 0. The first-order chi connectivity index (χ1) is 5.36. The molecule has 8 nitrogen and oxygen atoms in total. The van der Waals surface area contributed by atoms with Gasteiger partial charge in [-0.1, -0.05) is 0 Å². The van der Waals surface area contributed by atoms with Crippen molar-refractivity contribution >= 4 is 38.4 Å². The van der Waals surface area contributed by atoms with E-state index in [9.17, 15) is 0 Å². The third-order valence-electron chi connectivity index (χ3n) is 0.167. The Bertz CT molecular complexity index is 201. The van der Waals surface area contributed by atoms with Gasteiger partial charge in [-0.15, -0.1) is 0 Å². The second-order valence-electron chi connectivity index (χ2n) is 0.694. The van der Waals surface area contributed by atoms with Gasteiger partial charge >= 0.3 is 59.1 Å². The number of hydrogen-bond donors (Lipinski definition) is 2. The molecular weight excluding hydrogens is 282 g/mol. The minimum absolute atomic E-state index is 0. The molecule has 0 spiro atoms. The van der Waals surface area contributed by atoms with Crippen LogP contribution in [0.25, 0.3) is 0 Å². The van der Waals surface area contributed by atoms with E-state index < -0.39 is 19.3 Å². The largest absolute Gasteiger partial charge is 1.00 e. The maximum atomic E-state index is 9.16. The van der Waals surface area contributed by atoms with E-state index in [1.807, 2.05) is 6.79 Å². The van der Waals surface area contributed by atoms with Crippen molar-refractivity contribution in [3.63, 3.8) is 0 Å². The van der Waals surface area contributed by atoms with Gasteiger partial charge in [0.2, 0.25) is 0 Å². The monoisotopic (exact) mass is 286 g/mol. The van der Waals surface area contributed by atoms with Crippen LogP contribution in [0.15, 0.2) is 0 Å². The average molecular weight is 286 g/mol. The zero-order valence-electron chi connectivity index (χ0n) is 7.28. The Morgan fingerprint density at radius 1 is 1.21 bits per heavy atom. The maximum absolute atomic E-state index is 9.16. The standard InChI is InChI=1S/CH2O.2Na.H2O5S2.H2O2S/c1-2;;;1-6(2)7(3,4)5;1-3-2/h1H2;;;(H,1,2)(H,3,4,5);1-2H/q;2*+1;;/p-2. The van der Waals surface area contributed by atoms with Crippen LogP contribution in [-0.2, 0) is 24.1 Å². The Labute approximate surface area is 131 Å². The number of rotatable bonds is 1. The van der Waals surface area contributed by atoms with E-state index in [4.69, 9.17) is 35.6 Å². The zero-order valence-corrected chi connectivity index (χ0v) is 13.7. The van der Waals surface area contributed by atoms with Crippen LogP contribution in [0, 0.1) is 0 Å². The molecule has 0 amide bonds. The van der Waals surface area contributed by atoms with Crippen LogP contribution in [0.2, 0.25) is 0 Å². The van der Waals surface area contributed by atoms with E-state index in [2.05, 4.69) is 0 Å². The minimum atomic E-state index is -5.07. The molecule has 0 radical (unpaired) electrons. The van der Waals surface area contributed by atoms with Crippen molar-refractivity contribution in [2.45, 2.75) is 0 Å². The molecule has 0 aromatic rings. The summed E-state index contributed by atoms with van der Waals surface area (Å²) in [5.74, 6) is 0. The number of carbonyl (C=O) groups is 1. The molecule has 1 atom stereocenters. The van der Waals surface area contributed by atoms with E-state index in [1.165, 1.54) is 0 Å². The summed E-state index contributed by atoms with van der Waals surface area (Å²) < 4.78 is 59.8. The van der Waals surface area contributed by atoms with Crippen LogP contribution in [0.3, 0.4) is 0 Å². The summed E-state index contributed by atoms with van der Waals surface area (Å²) in [5, 5.41) is 0. The predicted octanol–water partition coefficient (Wildman–Crippen LogP) is -7.19. The molecule has 0 rings (SSSR count). The Kier molecular flexibility index (Phi) is 43.3. The molecule has 76 valence electrons. The molecule has 0 heterocycles. The topological polar surface area (TPSA) is 155 Å². The van der Waals surface area contributed by atoms with Gasteiger partial charge in [0.05, 0.1) is 10.1 Å². The fourth-order valence-electron chi connectivity index (χ4n) is 0. The second kappa shape index (κ2) is 20.4. The van der Waals surface area contributed by atoms with Gasteiger partial charge in [-0.05, 0) is 0 Å². The Morgan fingerprint density at radius 3 is 1.29 bits per heavy atom. The first kappa shape index (κ1) is 29.7. The fraction of sp³-hybridized carbons (Fsp3) is 0. The predicted molar refractivity (Wildman–Crippen MR) is 38.6 cm³/mol. The number of carbonyl (C=O) groups excluding carboxylic acids is 1. The van der Waals surface area contributed by atoms with Crippen LogP contribution >= 0.6 is 12.3 Å². The van der Waals surface area contributed by atoms with Crippen LogP contribution < -0.4 is 59.1 Å². The van der Waals surface area contributed by atoms with E-state index in [0.29, 0.717) is 0 Å². The fourth-order valence-corrected chi connectivity index (χ4v) is 0. The summed E-state index contributed by atoms with van der Waals surface area (Å²) in [6.45, 7) is 2.00. The molecule has 0 aromatic carbocycles. The van der Waals surface area contributed by atoms with Crippen molar-refractivity contribution in [1.29, 1.82) is 0 Å². The van der Waals surface area contributed by atoms with Gasteiger partial charge in [-0.2, -0.15) is 0 Å². The van der Waals surface area contributed by atoms with E-state index in [-0.39, 0.29) is 71.4 Å². The average Bonchev–Trinajstić information content (AvgIpc) is 1.91. The van der Waals surface area contributed by atoms with Crippen molar-refractivity contribution in [3.05, 3.63) is 0 Å². The molecule has 13 heteroatoms. The molecule has 1 unspecified atom stereocenters. The third-order valence-corrected chi connectivity index (χ3v) is 1.50. The summed E-state index contributed by atoms with van der Waals surface area (Å²) in [7, 11) is -8.59. The molecule has 0 saturated heterocycles. The summed E-state index contributed by atoms with van der Waals surface area (Å²) in [4.78, 5) is 8.00. The minimum Gasteiger partial charge on any atom is -0.761 e. The van der Waals surface area contributed by atoms with Crippen molar-refractivity contribution in [3.8, 4) is 0 Å². The smallest absolute Gasteiger partial charge is 0.761 e. The normalized spacial score (nSPS) is 9.71. The van der Waals surface area contributed by atoms with E-state index in [1.54, 1.807) is 0 Å². The Morgan fingerprint density at radius 2 is 1.29 bits per heavy atom. The summed E-state index contributed by atoms with van der Waals surface area (Å²) in [5.41, 5.74) is 0. The van der Waals surface area contributed by atoms with Crippen LogP contribution in [0.4, 0.5) is 0 Å². The van der Waals surface area contributed by atoms with Crippen molar-refractivity contribution in [1.82, 2.24) is 0 Å². The third kappa shape index (κ3) is 37.0. The Hall–Kier alpha value is 1.96. The van der Waals surface area contributed by atoms with E-state index in [0.717, 1.165) is 0 Å². The maximum Gasteiger partial charge on any atom is 1.00 e. The van der Waals surface area contributed by atoms with E-state index >= 15 is 0 Å². The van der Waals surface area contributed by atoms with Gasteiger partial charge < -0.3 is 23.0 Å². The zero-order chi connectivity index (χ0) is 10.8. The van der Waals surface area contributed by atoms with Crippen LogP contribution in [0.1, 0.15) is 0 Å². The van der Waals surface area contributed by atoms with Gasteiger partial charge in [0.25, 0.3) is 0 Å².